The minimum Gasteiger partial charge on any atom is -0.365 e. The van der Waals surface area contributed by atoms with Crippen molar-refractivity contribution >= 4 is 5.82 Å². The summed E-state index contributed by atoms with van der Waals surface area (Å²) in [6.45, 7) is 14.9. The number of rotatable bonds is 5. The van der Waals surface area contributed by atoms with E-state index in [9.17, 15) is 0 Å². The molecule has 0 unspecified atom stereocenters. The van der Waals surface area contributed by atoms with Crippen LogP contribution in [0.2, 0.25) is 0 Å². The Morgan fingerprint density at radius 1 is 1.22 bits per heavy atom. The molecule has 1 aromatic rings. The average molecular weight is 249 g/mol. The second-order valence-corrected chi connectivity index (χ2v) is 6.34. The van der Waals surface area contributed by atoms with Crippen LogP contribution < -0.4 is 10.6 Å². The van der Waals surface area contributed by atoms with Crippen molar-refractivity contribution in [2.45, 2.75) is 53.6 Å². The van der Waals surface area contributed by atoms with Gasteiger partial charge >= 0.3 is 0 Å². The van der Waals surface area contributed by atoms with E-state index in [1.165, 1.54) is 5.56 Å². The lowest BCUT2D eigenvalue weighted by molar-refractivity contribution is 0.551. The maximum atomic E-state index is 4.61. The lowest BCUT2D eigenvalue weighted by atomic mass is 10.1. The molecule has 0 radical (unpaired) electrons. The van der Waals surface area contributed by atoms with Gasteiger partial charge in [-0.05, 0) is 51.8 Å². The minimum absolute atomic E-state index is 0.0524. The second-order valence-electron chi connectivity index (χ2n) is 6.34. The van der Waals surface area contributed by atoms with Crippen molar-refractivity contribution in [2.75, 3.05) is 11.9 Å². The van der Waals surface area contributed by atoms with Gasteiger partial charge in [0.1, 0.15) is 5.82 Å². The van der Waals surface area contributed by atoms with Crippen molar-refractivity contribution in [3.63, 3.8) is 0 Å². The first kappa shape index (κ1) is 15.0. The third-order valence-corrected chi connectivity index (χ3v) is 2.57. The number of nitrogens with one attached hydrogen (secondary N) is 2. The molecule has 2 N–H and O–H groups in total. The molecule has 0 aliphatic carbocycles. The summed E-state index contributed by atoms with van der Waals surface area (Å²) >= 11 is 0. The Kier molecular flexibility index (Phi) is 5.15. The summed E-state index contributed by atoms with van der Waals surface area (Å²) in [5.41, 5.74) is 2.42. The summed E-state index contributed by atoms with van der Waals surface area (Å²) in [6, 6.07) is 4.22. The molecule has 0 saturated carbocycles. The first-order valence-electron chi connectivity index (χ1n) is 6.73. The zero-order chi connectivity index (χ0) is 13.8. The summed E-state index contributed by atoms with van der Waals surface area (Å²) in [7, 11) is 0. The van der Waals surface area contributed by atoms with Crippen molar-refractivity contribution in [1.82, 2.24) is 10.3 Å². The van der Waals surface area contributed by atoms with Gasteiger partial charge in [0.2, 0.25) is 0 Å². The molecule has 0 atom stereocenters. The highest BCUT2D eigenvalue weighted by molar-refractivity contribution is 5.40. The summed E-state index contributed by atoms with van der Waals surface area (Å²) in [4.78, 5) is 4.61. The van der Waals surface area contributed by atoms with Crippen LogP contribution >= 0.6 is 0 Å². The van der Waals surface area contributed by atoms with Crippen LogP contribution in [0.25, 0.3) is 0 Å². The van der Waals surface area contributed by atoms with E-state index >= 15 is 0 Å². The highest BCUT2D eigenvalue weighted by Crippen LogP contribution is 2.15. The molecule has 0 aliphatic rings. The van der Waals surface area contributed by atoms with Crippen molar-refractivity contribution in [3.8, 4) is 0 Å². The molecule has 0 saturated heterocycles. The van der Waals surface area contributed by atoms with Gasteiger partial charge in [-0.1, -0.05) is 19.9 Å². The highest BCUT2D eigenvalue weighted by atomic mass is 15.0. The minimum atomic E-state index is 0.0524. The predicted octanol–water partition coefficient (Wildman–Crippen LogP) is 3.35. The fourth-order valence-corrected chi connectivity index (χ4v) is 1.73. The normalized spacial score (nSPS) is 11.9. The maximum absolute atomic E-state index is 4.61. The van der Waals surface area contributed by atoms with E-state index in [0.29, 0.717) is 5.92 Å². The molecule has 0 fully saturated rings. The zero-order valence-corrected chi connectivity index (χ0v) is 12.6. The Morgan fingerprint density at radius 3 is 2.39 bits per heavy atom. The Labute approximate surface area is 111 Å². The third kappa shape index (κ3) is 5.50. The van der Waals surface area contributed by atoms with Crippen molar-refractivity contribution in [3.05, 3.63) is 23.4 Å². The maximum Gasteiger partial charge on any atom is 0.126 e. The number of hydrogen-bond acceptors (Lipinski definition) is 3. The second kappa shape index (κ2) is 6.19. The number of aryl methyl sites for hydroxylation is 1. The van der Waals surface area contributed by atoms with Gasteiger partial charge in [-0.25, -0.2) is 4.98 Å². The smallest absolute Gasteiger partial charge is 0.126 e. The predicted molar refractivity (Wildman–Crippen MR) is 78.9 cm³/mol. The highest BCUT2D eigenvalue weighted by Gasteiger charge is 2.10. The van der Waals surface area contributed by atoms with Gasteiger partial charge in [0.15, 0.2) is 0 Å². The lowest BCUT2D eigenvalue weighted by Gasteiger charge is -2.22. The molecule has 0 aromatic carbocycles. The fourth-order valence-electron chi connectivity index (χ4n) is 1.73. The molecule has 102 valence electrons. The van der Waals surface area contributed by atoms with Gasteiger partial charge in [0, 0.05) is 17.8 Å². The number of hydrogen-bond donors (Lipinski definition) is 2. The van der Waals surface area contributed by atoms with E-state index in [1.54, 1.807) is 0 Å². The Morgan fingerprint density at radius 2 is 1.89 bits per heavy atom. The number of anilines is 1. The molecular weight excluding hydrogens is 222 g/mol. The molecule has 3 heteroatoms. The van der Waals surface area contributed by atoms with Crippen molar-refractivity contribution in [2.24, 2.45) is 5.92 Å². The summed E-state index contributed by atoms with van der Waals surface area (Å²) in [5, 5.41) is 6.84. The van der Waals surface area contributed by atoms with E-state index < -0.39 is 0 Å². The third-order valence-electron chi connectivity index (χ3n) is 2.57. The van der Waals surface area contributed by atoms with Gasteiger partial charge < -0.3 is 10.6 Å². The molecule has 0 aliphatic heterocycles. The van der Waals surface area contributed by atoms with Crippen LogP contribution in [-0.2, 0) is 6.54 Å². The van der Waals surface area contributed by atoms with Crippen LogP contribution in [0.4, 0.5) is 5.82 Å². The Bertz CT molecular complexity index is 378. The van der Waals surface area contributed by atoms with Gasteiger partial charge in [-0.2, -0.15) is 0 Å². The number of nitrogens with zero attached hydrogens (tertiary/aromatic N) is 1. The quantitative estimate of drug-likeness (QED) is 0.840. The molecule has 1 aromatic heterocycles. The van der Waals surface area contributed by atoms with Crippen LogP contribution in [0.1, 0.15) is 45.9 Å². The topological polar surface area (TPSA) is 37.0 Å². The van der Waals surface area contributed by atoms with Crippen LogP contribution in [0.15, 0.2) is 12.1 Å². The van der Waals surface area contributed by atoms with Crippen molar-refractivity contribution in [1.29, 1.82) is 0 Å². The number of pyridine rings is 1. The van der Waals surface area contributed by atoms with Gasteiger partial charge in [-0.3, -0.25) is 0 Å². The van der Waals surface area contributed by atoms with Crippen LogP contribution in [0.5, 0.6) is 0 Å². The molecule has 0 spiro atoms. The Hall–Kier alpha value is -1.09. The van der Waals surface area contributed by atoms with E-state index in [-0.39, 0.29) is 5.54 Å². The Balaban J connectivity index is 2.62. The molecule has 1 heterocycles. The SMILES string of the molecule is Cc1nc(NC(C)(C)C)ccc1CNCC(C)C. The van der Waals surface area contributed by atoms with E-state index in [4.69, 9.17) is 0 Å². The van der Waals surface area contributed by atoms with Gasteiger partial charge in [-0.15, -0.1) is 0 Å². The molecule has 0 amide bonds. The standard InChI is InChI=1S/C15H27N3/c1-11(2)9-16-10-13-7-8-14(17-12(13)3)18-15(4,5)6/h7-8,11,16H,9-10H2,1-6H3,(H,17,18). The summed E-state index contributed by atoms with van der Waals surface area (Å²) < 4.78 is 0. The van der Waals surface area contributed by atoms with E-state index in [0.717, 1.165) is 24.6 Å². The van der Waals surface area contributed by atoms with Crippen LogP contribution in [0, 0.1) is 12.8 Å². The summed E-state index contributed by atoms with van der Waals surface area (Å²) in [5.74, 6) is 1.63. The monoisotopic (exact) mass is 249 g/mol. The first-order valence-corrected chi connectivity index (χ1v) is 6.73. The average Bonchev–Trinajstić information content (AvgIpc) is 2.18. The fraction of sp³-hybridized carbons (Fsp3) is 0.667. The lowest BCUT2D eigenvalue weighted by Crippen LogP contribution is -2.27. The molecule has 18 heavy (non-hydrogen) atoms. The molecule has 3 nitrogen and oxygen atoms in total. The van der Waals surface area contributed by atoms with Gasteiger partial charge in [0.05, 0.1) is 0 Å². The van der Waals surface area contributed by atoms with Crippen LogP contribution in [0.3, 0.4) is 0 Å². The largest absolute Gasteiger partial charge is 0.365 e. The number of aromatic nitrogens is 1. The molecule has 1 rings (SSSR count). The molecule has 0 bridgehead atoms. The van der Waals surface area contributed by atoms with Crippen molar-refractivity contribution < 1.29 is 0 Å². The molecular formula is C15H27N3. The van der Waals surface area contributed by atoms with Gasteiger partial charge in [0.25, 0.3) is 0 Å². The van der Waals surface area contributed by atoms with E-state index in [2.05, 4.69) is 69.3 Å². The van der Waals surface area contributed by atoms with E-state index in [1.807, 2.05) is 0 Å². The summed E-state index contributed by atoms with van der Waals surface area (Å²) in [6.07, 6.45) is 0. The van der Waals surface area contributed by atoms with Crippen LogP contribution in [-0.4, -0.2) is 17.1 Å². The zero-order valence-electron chi connectivity index (χ0n) is 12.6. The first-order chi connectivity index (χ1) is 8.28.